The number of aliphatic hydroxyl groups is 3. The number of carbonyl (C=O) groups is 1. The van der Waals surface area contributed by atoms with Gasteiger partial charge in [-0.25, -0.2) is 8.78 Å². The van der Waals surface area contributed by atoms with Gasteiger partial charge < -0.3 is 20.1 Å². The van der Waals surface area contributed by atoms with Crippen LogP contribution in [0.15, 0.2) is 0 Å². The Kier molecular flexibility index (Phi) is 7.99. The zero-order valence-corrected chi connectivity index (χ0v) is 21.8. The van der Waals surface area contributed by atoms with Gasteiger partial charge in [-0.3, -0.25) is 4.79 Å². The van der Waals surface area contributed by atoms with Gasteiger partial charge in [0, 0.05) is 6.42 Å². The third-order valence-electron chi connectivity index (χ3n) is 11.1. The highest BCUT2D eigenvalue weighted by molar-refractivity contribution is 5.69. The van der Waals surface area contributed by atoms with Gasteiger partial charge in [0.25, 0.3) is 12.5 Å². The van der Waals surface area contributed by atoms with Crippen LogP contribution in [-0.4, -0.2) is 58.3 Å². The molecule has 3 N–H and O–H groups in total. The topological polar surface area (TPSA) is 87.0 Å². The highest BCUT2D eigenvalue weighted by atomic mass is 19.4. The number of alkyl halides is 5. The van der Waals surface area contributed by atoms with E-state index in [0.29, 0.717) is 19.3 Å². The fourth-order valence-electron chi connectivity index (χ4n) is 9.14. The van der Waals surface area contributed by atoms with Crippen molar-refractivity contribution in [2.75, 3.05) is 0 Å². The summed E-state index contributed by atoms with van der Waals surface area (Å²) in [5.41, 5.74) is -0.584. The second kappa shape index (κ2) is 10.2. The molecule has 10 heteroatoms. The molecule has 4 rings (SSSR count). The summed E-state index contributed by atoms with van der Waals surface area (Å²) in [5.74, 6) is -1.06. The highest BCUT2D eigenvalue weighted by Crippen LogP contribution is 2.68. The van der Waals surface area contributed by atoms with Gasteiger partial charge in [0.1, 0.15) is 0 Å². The minimum atomic E-state index is -5.34. The molecular weight excluding hydrogens is 499 g/mol. The molecule has 214 valence electrons. The third kappa shape index (κ3) is 5.04. The number of esters is 1. The van der Waals surface area contributed by atoms with Crippen molar-refractivity contribution < 1.29 is 46.8 Å². The predicted molar refractivity (Wildman–Crippen MR) is 124 cm³/mol. The Hall–Kier alpha value is -1.00. The number of fused-ring (bicyclic) bond motifs is 5. The Balaban J connectivity index is 1.45. The predicted octanol–water partition coefficient (Wildman–Crippen LogP) is 5.10. The monoisotopic (exact) mass is 540 g/mol. The Labute approximate surface area is 215 Å². The molecule has 0 aliphatic heterocycles. The van der Waals surface area contributed by atoms with Gasteiger partial charge >= 0.3 is 12.1 Å². The van der Waals surface area contributed by atoms with Crippen molar-refractivity contribution in [2.24, 2.45) is 46.3 Å². The Bertz CT molecular complexity index is 838. The maximum absolute atomic E-state index is 12.8. The lowest BCUT2D eigenvalue weighted by Gasteiger charge is -2.63. The first-order valence-electron chi connectivity index (χ1n) is 13.7. The zero-order chi connectivity index (χ0) is 27.5. The molecule has 4 saturated carbocycles. The van der Waals surface area contributed by atoms with Crippen LogP contribution in [0.2, 0.25) is 0 Å². The smallest absolute Gasteiger partial charge is 0.431 e. The SMILES string of the molecule is C[C@H](CCC(=O)OC(C(F)F)C(F)(F)F)[C@H]1CC[C@H]2[C@@H]3C(O)C[C@@H]4CC(O)CC[C@]4(C)[C@H]3CC(O)[C@]12C. The van der Waals surface area contributed by atoms with E-state index in [1.165, 1.54) is 0 Å². The number of aliphatic hydroxyl groups excluding tert-OH is 3. The molecule has 0 aromatic heterocycles. The Morgan fingerprint density at radius 2 is 1.70 bits per heavy atom. The van der Waals surface area contributed by atoms with Crippen molar-refractivity contribution in [2.45, 2.75) is 116 Å². The summed E-state index contributed by atoms with van der Waals surface area (Å²) in [6, 6.07) is 0. The second-order valence-electron chi connectivity index (χ2n) is 12.8. The van der Waals surface area contributed by atoms with Crippen LogP contribution in [0.5, 0.6) is 0 Å². The summed E-state index contributed by atoms with van der Waals surface area (Å²) in [7, 11) is 0. The van der Waals surface area contributed by atoms with Crippen LogP contribution in [0, 0.1) is 46.3 Å². The first-order valence-corrected chi connectivity index (χ1v) is 13.7. The van der Waals surface area contributed by atoms with E-state index in [-0.39, 0.29) is 53.4 Å². The molecule has 0 radical (unpaired) electrons. The van der Waals surface area contributed by atoms with Gasteiger partial charge in [0.2, 0.25) is 0 Å². The summed E-state index contributed by atoms with van der Waals surface area (Å²) >= 11 is 0. The Morgan fingerprint density at radius 3 is 2.32 bits per heavy atom. The van der Waals surface area contributed by atoms with E-state index in [4.69, 9.17) is 0 Å². The van der Waals surface area contributed by atoms with Crippen molar-refractivity contribution in [3.8, 4) is 0 Å². The van der Waals surface area contributed by atoms with E-state index in [1.807, 2.05) is 13.8 Å². The molecule has 4 aliphatic rings. The minimum absolute atomic E-state index is 0.0191. The second-order valence-corrected chi connectivity index (χ2v) is 12.8. The molecule has 12 atom stereocenters. The van der Waals surface area contributed by atoms with Gasteiger partial charge in [-0.1, -0.05) is 20.8 Å². The molecule has 0 saturated heterocycles. The van der Waals surface area contributed by atoms with Crippen LogP contribution in [0.1, 0.15) is 78.6 Å². The lowest BCUT2D eigenvalue weighted by molar-refractivity contribution is -0.249. The first-order chi connectivity index (χ1) is 17.1. The Morgan fingerprint density at radius 1 is 1.03 bits per heavy atom. The largest absolute Gasteiger partial charge is 0.446 e. The third-order valence-corrected chi connectivity index (χ3v) is 11.1. The quantitative estimate of drug-likeness (QED) is 0.322. The van der Waals surface area contributed by atoms with Gasteiger partial charge in [0.05, 0.1) is 18.3 Å². The molecule has 0 aromatic rings. The summed E-state index contributed by atoms with van der Waals surface area (Å²) < 4.78 is 67.8. The molecule has 0 bridgehead atoms. The molecule has 4 aliphatic carbocycles. The fraction of sp³-hybridized carbons (Fsp3) is 0.963. The molecule has 0 aromatic carbocycles. The standard InChI is InChI=1S/C27H41F5O5/c1-13(4-7-21(36)37-23(24(28)29)27(30,31)32)16-5-6-17-22-18(12-20(35)26(16,17)3)25(2)9-8-15(33)10-14(25)11-19(22)34/h13-20,22-24,33-35H,4-12H2,1-3H3/t13-,14+,15?,16-,17+,18+,19?,20?,22+,23?,25+,26-/m1/s1. The molecule has 0 spiro atoms. The van der Waals surface area contributed by atoms with Crippen molar-refractivity contribution in [3.05, 3.63) is 0 Å². The van der Waals surface area contributed by atoms with E-state index in [1.54, 1.807) is 0 Å². The van der Waals surface area contributed by atoms with E-state index < -0.39 is 48.7 Å². The fourth-order valence-corrected chi connectivity index (χ4v) is 9.14. The van der Waals surface area contributed by atoms with E-state index in [2.05, 4.69) is 11.7 Å². The van der Waals surface area contributed by atoms with Gasteiger partial charge in [-0.05, 0) is 97.7 Å². The average molecular weight is 541 g/mol. The van der Waals surface area contributed by atoms with Crippen LogP contribution in [-0.2, 0) is 9.53 Å². The number of carbonyl (C=O) groups excluding carboxylic acids is 1. The maximum Gasteiger partial charge on any atom is 0.431 e. The molecular formula is C27H41F5O5. The van der Waals surface area contributed by atoms with Crippen LogP contribution in [0.3, 0.4) is 0 Å². The normalized spacial score (nSPS) is 45.5. The molecule has 0 heterocycles. The van der Waals surface area contributed by atoms with Crippen molar-refractivity contribution in [3.63, 3.8) is 0 Å². The lowest BCUT2D eigenvalue weighted by atomic mass is 9.43. The maximum atomic E-state index is 12.8. The molecule has 37 heavy (non-hydrogen) atoms. The summed E-state index contributed by atoms with van der Waals surface area (Å²) in [6.07, 6.45) is -9.38. The number of halogens is 5. The first kappa shape index (κ1) is 29.0. The number of hydrogen-bond donors (Lipinski definition) is 3. The van der Waals surface area contributed by atoms with E-state index in [0.717, 1.165) is 25.7 Å². The van der Waals surface area contributed by atoms with Crippen LogP contribution >= 0.6 is 0 Å². The molecule has 0 amide bonds. The molecule has 4 unspecified atom stereocenters. The zero-order valence-electron chi connectivity index (χ0n) is 21.8. The van der Waals surface area contributed by atoms with Gasteiger partial charge in [-0.15, -0.1) is 0 Å². The number of hydrogen-bond acceptors (Lipinski definition) is 5. The van der Waals surface area contributed by atoms with E-state index in [9.17, 15) is 42.1 Å². The van der Waals surface area contributed by atoms with Gasteiger partial charge in [-0.2, -0.15) is 13.2 Å². The number of rotatable bonds is 6. The van der Waals surface area contributed by atoms with Crippen molar-refractivity contribution in [1.82, 2.24) is 0 Å². The molecule has 5 nitrogen and oxygen atoms in total. The summed E-state index contributed by atoms with van der Waals surface area (Å²) in [5, 5.41) is 33.1. The van der Waals surface area contributed by atoms with Crippen LogP contribution in [0.4, 0.5) is 22.0 Å². The highest BCUT2D eigenvalue weighted by Gasteiger charge is 2.65. The number of ether oxygens (including phenoxy) is 1. The molecule has 4 fully saturated rings. The lowest BCUT2D eigenvalue weighted by Crippen LogP contribution is -2.62. The minimum Gasteiger partial charge on any atom is -0.446 e. The van der Waals surface area contributed by atoms with Crippen LogP contribution in [0.25, 0.3) is 0 Å². The van der Waals surface area contributed by atoms with Crippen molar-refractivity contribution >= 4 is 5.97 Å². The summed E-state index contributed by atoms with van der Waals surface area (Å²) in [4.78, 5) is 12.0. The van der Waals surface area contributed by atoms with Crippen LogP contribution < -0.4 is 0 Å². The summed E-state index contributed by atoms with van der Waals surface area (Å²) in [6.45, 7) is 6.17. The average Bonchev–Trinajstić information content (AvgIpc) is 3.15. The van der Waals surface area contributed by atoms with E-state index >= 15 is 0 Å². The van der Waals surface area contributed by atoms with Crippen molar-refractivity contribution in [1.29, 1.82) is 0 Å². The van der Waals surface area contributed by atoms with Gasteiger partial charge in [0.15, 0.2) is 0 Å².